The topological polar surface area (TPSA) is 26.3 Å². The largest absolute Gasteiger partial charge is 0.461 e. The molecular formula is C12H20O2. The van der Waals surface area contributed by atoms with Crippen LogP contribution in [0.1, 0.15) is 52.9 Å². The Morgan fingerprint density at radius 3 is 2.29 bits per heavy atom. The van der Waals surface area contributed by atoms with E-state index in [1.165, 1.54) is 12.8 Å². The molecule has 2 aliphatic rings. The molecule has 0 N–H and O–H groups in total. The predicted octanol–water partition coefficient (Wildman–Crippen LogP) is 2.91. The van der Waals surface area contributed by atoms with E-state index in [1.807, 2.05) is 0 Å². The molecule has 0 aromatic heterocycles. The van der Waals surface area contributed by atoms with Gasteiger partial charge >= 0.3 is 5.97 Å². The first kappa shape index (κ1) is 10.0. The molecule has 2 rings (SSSR count). The van der Waals surface area contributed by atoms with Crippen LogP contribution in [0.5, 0.6) is 0 Å². The van der Waals surface area contributed by atoms with Crippen LogP contribution in [0.15, 0.2) is 0 Å². The van der Waals surface area contributed by atoms with Crippen molar-refractivity contribution in [2.45, 2.75) is 59.0 Å². The molecule has 1 atom stereocenters. The number of cyclic esters (lactones) is 1. The van der Waals surface area contributed by atoms with E-state index in [1.54, 1.807) is 0 Å². The summed E-state index contributed by atoms with van der Waals surface area (Å²) in [4.78, 5) is 11.8. The SMILES string of the molecule is CC(C)(C)C1CC2(CCCC2)C(=O)O1. The Kier molecular flexibility index (Phi) is 2.13. The van der Waals surface area contributed by atoms with Crippen molar-refractivity contribution in [3.8, 4) is 0 Å². The molecule has 0 bridgehead atoms. The van der Waals surface area contributed by atoms with Gasteiger partial charge in [-0.3, -0.25) is 4.79 Å². The molecule has 1 aliphatic carbocycles. The molecule has 0 radical (unpaired) electrons. The second-order valence-electron chi connectivity index (χ2n) is 5.95. The van der Waals surface area contributed by atoms with E-state index in [0.717, 1.165) is 19.3 Å². The van der Waals surface area contributed by atoms with Gasteiger partial charge in [-0.25, -0.2) is 0 Å². The van der Waals surface area contributed by atoms with Crippen LogP contribution in [0.4, 0.5) is 0 Å². The van der Waals surface area contributed by atoms with Crippen LogP contribution >= 0.6 is 0 Å². The van der Waals surface area contributed by atoms with E-state index in [2.05, 4.69) is 20.8 Å². The lowest BCUT2D eigenvalue weighted by atomic mass is 9.77. The second-order valence-corrected chi connectivity index (χ2v) is 5.95. The van der Waals surface area contributed by atoms with Gasteiger partial charge in [0.25, 0.3) is 0 Å². The van der Waals surface area contributed by atoms with Crippen LogP contribution in [-0.4, -0.2) is 12.1 Å². The number of hydrogen-bond donors (Lipinski definition) is 0. The maximum absolute atomic E-state index is 11.8. The third kappa shape index (κ3) is 1.45. The van der Waals surface area contributed by atoms with Gasteiger partial charge in [0.15, 0.2) is 0 Å². The molecule has 1 heterocycles. The Balaban J connectivity index is 2.14. The van der Waals surface area contributed by atoms with Crippen LogP contribution in [0, 0.1) is 10.8 Å². The van der Waals surface area contributed by atoms with E-state index in [4.69, 9.17) is 4.74 Å². The molecule has 1 aliphatic heterocycles. The van der Waals surface area contributed by atoms with E-state index < -0.39 is 0 Å². The lowest BCUT2D eigenvalue weighted by molar-refractivity contribution is -0.151. The van der Waals surface area contributed by atoms with E-state index in [-0.39, 0.29) is 22.9 Å². The van der Waals surface area contributed by atoms with Gasteiger partial charge in [0.05, 0.1) is 5.41 Å². The standard InChI is InChI=1S/C12H20O2/c1-11(2,3)9-8-12(10(13)14-9)6-4-5-7-12/h9H,4-8H2,1-3H3. The highest BCUT2D eigenvalue weighted by Gasteiger charge is 2.52. The average Bonchev–Trinajstić information content (AvgIpc) is 2.62. The summed E-state index contributed by atoms with van der Waals surface area (Å²) >= 11 is 0. The van der Waals surface area contributed by atoms with Gasteiger partial charge in [0.1, 0.15) is 6.10 Å². The van der Waals surface area contributed by atoms with Crippen LogP contribution in [0.3, 0.4) is 0 Å². The summed E-state index contributed by atoms with van der Waals surface area (Å²) in [6.07, 6.45) is 5.59. The fourth-order valence-electron chi connectivity index (χ4n) is 2.68. The summed E-state index contributed by atoms with van der Waals surface area (Å²) in [6, 6.07) is 0. The highest BCUT2D eigenvalue weighted by molar-refractivity contribution is 5.79. The number of carbonyl (C=O) groups excluding carboxylic acids is 1. The summed E-state index contributed by atoms with van der Waals surface area (Å²) in [6.45, 7) is 6.46. The monoisotopic (exact) mass is 196 g/mol. The van der Waals surface area contributed by atoms with Crippen molar-refractivity contribution in [3.63, 3.8) is 0 Å². The summed E-state index contributed by atoms with van der Waals surface area (Å²) in [5.41, 5.74) is 0.0136. The normalized spacial score (nSPS) is 31.1. The highest BCUT2D eigenvalue weighted by Crippen LogP contribution is 2.50. The number of carbonyl (C=O) groups is 1. The zero-order chi connectivity index (χ0) is 10.4. The molecule has 1 saturated heterocycles. The van der Waals surface area contributed by atoms with Crippen molar-refractivity contribution in [2.75, 3.05) is 0 Å². The fourth-order valence-corrected chi connectivity index (χ4v) is 2.68. The maximum Gasteiger partial charge on any atom is 0.312 e. The molecule has 0 aromatic carbocycles. The Bertz CT molecular complexity index is 244. The summed E-state index contributed by atoms with van der Waals surface area (Å²) in [5.74, 6) is 0.0786. The number of esters is 1. The number of hydrogen-bond acceptors (Lipinski definition) is 2. The molecule has 80 valence electrons. The van der Waals surface area contributed by atoms with Gasteiger partial charge in [-0.1, -0.05) is 33.6 Å². The summed E-state index contributed by atoms with van der Waals surface area (Å²) in [7, 11) is 0. The van der Waals surface area contributed by atoms with Crippen molar-refractivity contribution in [2.24, 2.45) is 10.8 Å². The van der Waals surface area contributed by atoms with Crippen LogP contribution in [-0.2, 0) is 9.53 Å². The molecule has 1 saturated carbocycles. The van der Waals surface area contributed by atoms with Gasteiger partial charge < -0.3 is 4.74 Å². The van der Waals surface area contributed by atoms with Crippen molar-refractivity contribution in [1.82, 2.24) is 0 Å². The molecule has 1 spiro atoms. The lowest BCUT2D eigenvalue weighted by Gasteiger charge is -2.25. The Morgan fingerprint density at radius 1 is 1.29 bits per heavy atom. The maximum atomic E-state index is 11.8. The molecule has 1 unspecified atom stereocenters. The average molecular weight is 196 g/mol. The first-order chi connectivity index (χ1) is 6.44. The minimum Gasteiger partial charge on any atom is -0.461 e. The molecule has 2 nitrogen and oxygen atoms in total. The van der Waals surface area contributed by atoms with Gasteiger partial charge in [-0.2, -0.15) is 0 Å². The molecular weight excluding hydrogens is 176 g/mol. The van der Waals surface area contributed by atoms with Gasteiger partial charge in [0, 0.05) is 6.42 Å². The van der Waals surface area contributed by atoms with Crippen LogP contribution in [0.25, 0.3) is 0 Å². The van der Waals surface area contributed by atoms with E-state index in [0.29, 0.717) is 0 Å². The smallest absolute Gasteiger partial charge is 0.312 e. The number of rotatable bonds is 0. The quantitative estimate of drug-likeness (QED) is 0.557. The Morgan fingerprint density at radius 2 is 1.86 bits per heavy atom. The fraction of sp³-hybridized carbons (Fsp3) is 0.917. The Hall–Kier alpha value is -0.530. The first-order valence-corrected chi connectivity index (χ1v) is 5.65. The van der Waals surface area contributed by atoms with Crippen LogP contribution < -0.4 is 0 Å². The van der Waals surface area contributed by atoms with E-state index in [9.17, 15) is 4.79 Å². The highest BCUT2D eigenvalue weighted by atomic mass is 16.6. The second kappa shape index (κ2) is 2.98. The van der Waals surface area contributed by atoms with Gasteiger partial charge in [-0.15, -0.1) is 0 Å². The van der Waals surface area contributed by atoms with E-state index >= 15 is 0 Å². The molecule has 14 heavy (non-hydrogen) atoms. The molecule has 0 aromatic rings. The predicted molar refractivity (Wildman–Crippen MR) is 54.9 cm³/mol. The molecule has 2 fully saturated rings. The van der Waals surface area contributed by atoms with Gasteiger partial charge in [0.2, 0.25) is 0 Å². The third-order valence-electron chi connectivity index (χ3n) is 3.79. The summed E-state index contributed by atoms with van der Waals surface area (Å²) in [5, 5.41) is 0. The Labute approximate surface area is 86.0 Å². The molecule has 2 heteroatoms. The van der Waals surface area contributed by atoms with Crippen molar-refractivity contribution in [3.05, 3.63) is 0 Å². The van der Waals surface area contributed by atoms with Crippen molar-refractivity contribution >= 4 is 5.97 Å². The first-order valence-electron chi connectivity index (χ1n) is 5.65. The van der Waals surface area contributed by atoms with Crippen molar-refractivity contribution < 1.29 is 9.53 Å². The summed E-state index contributed by atoms with van der Waals surface area (Å²) < 4.78 is 5.52. The zero-order valence-electron chi connectivity index (χ0n) is 9.43. The lowest BCUT2D eigenvalue weighted by Crippen LogP contribution is -2.26. The minimum absolute atomic E-state index is 0.0786. The van der Waals surface area contributed by atoms with Crippen LogP contribution in [0.2, 0.25) is 0 Å². The third-order valence-corrected chi connectivity index (χ3v) is 3.79. The van der Waals surface area contributed by atoms with Crippen molar-refractivity contribution in [1.29, 1.82) is 0 Å². The zero-order valence-corrected chi connectivity index (χ0v) is 9.43. The minimum atomic E-state index is -0.0854. The van der Waals surface area contributed by atoms with Gasteiger partial charge in [-0.05, 0) is 18.3 Å². The number of ether oxygens (including phenoxy) is 1. The molecule has 0 amide bonds.